The lowest BCUT2D eigenvalue weighted by Crippen LogP contribution is -2.50. The van der Waals surface area contributed by atoms with Gasteiger partial charge in [0.2, 0.25) is 0 Å². The Morgan fingerprint density at radius 1 is 0.686 bits per heavy atom. The molecule has 0 unspecified atom stereocenters. The van der Waals surface area contributed by atoms with Gasteiger partial charge >= 0.3 is 0 Å². The van der Waals surface area contributed by atoms with Crippen molar-refractivity contribution < 1.29 is 24.4 Å². The van der Waals surface area contributed by atoms with E-state index in [4.69, 9.17) is 19.7 Å². The number of rotatable bonds is 15. The lowest BCUT2D eigenvalue weighted by atomic mass is 10.0. The first kappa shape index (κ1) is 26.4. The van der Waals surface area contributed by atoms with Gasteiger partial charge in [0, 0.05) is 4.91 Å². The molecule has 3 aromatic carbocycles. The number of aliphatic hydroxyl groups excluding tert-OH is 2. The Morgan fingerprint density at radius 3 is 1.54 bits per heavy atom. The summed E-state index contributed by atoms with van der Waals surface area (Å²) in [5, 5.41) is 24.7. The highest BCUT2D eigenvalue weighted by Gasteiger charge is 2.36. The summed E-state index contributed by atoms with van der Waals surface area (Å²) in [4.78, 5) is 2.76. The van der Waals surface area contributed by atoms with Crippen LogP contribution in [0.25, 0.3) is 10.4 Å². The van der Waals surface area contributed by atoms with E-state index in [1.807, 2.05) is 91.0 Å². The second kappa shape index (κ2) is 14.9. The van der Waals surface area contributed by atoms with Crippen LogP contribution in [0.3, 0.4) is 0 Å². The Kier molecular flexibility index (Phi) is 11.2. The molecule has 0 aromatic heterocycles. The molecule has 3 aromatic rings. The molecule has 2 N–H and O–H groups in total. The molecule has 0 spiro atoms. The van der Waals surface area contributed by atoms with E-state index in [2.05, 4.69) is 10.0 Å². The summed E-state index contributed by atoms with van der Waals surface area (Å²) in [6.07, 6.45) is -3.76. The van der Waals surface area contributed by atoms with Crippen molar-refractivity contribution in [2.24, 2.45) is 5.11 Å². The minimum Gasteiger partial charge on any atom is -0.394 e. The van der Waals surface area contributed by atoms with Gasteiger partial charge in [0.15, 0.2) is 0 Å². The third-order valence-corrected chi connectivity index (χ3v) is 5.46. The van der Waals surface area contributed by atoms with Gasteiger partial charge in [-0.05, 0) is 22.2 Å². The Bertz CT molecular complexity index is 1020. The standard InChI is InChI=1S/C27H31N3O5/c28-30-29-16-24(32)26(34-19-22-12-6-2-7-13-22)27(35-20-23-14-8-3-9-15-23)25(17-31)33-18-21-10-4-1-5-11-21/h1-15,24-27,31-32H,16-20H2/t24-,25+,26-,27-/m1/s1. The smallest absolute Gasteiger partial charge is 0.115 e. The van der Waals surface area contributed by atoms with E-state index in [9.17, 15) is 10.2 Å². The summed E-state index contributed by atoms with van der Waals surface area (Å²) in [7, 11) is 0. The van der Waals surface area contributed by atoms with Crippen molar-refractivity contribution in [1.29, 1.82) is 0 Å². The molecule has 0 aliphatic heterocycles. The van der Waals surface area contributed by atoms with Gasteiger partial charge in [0.25, 0.3) is 0 Å². The summed E-state index contributed by atoms with van der Waals surface area (Å²) in [6.45, 7) is 0.0931. The summed E-state index contributed by atoms with van der Waals surface area (Å²) in [6, 6.07) is 28.7. The van der Waals surface area contributed by atoms with Crippen LogP contribution in [-0.2, 0) is 34.0 Å². The van der Waals surface area contributed by atoms with Crippen molar-refractivity contribution in [1.82, 2.24) is 0 Å². The maximum atomic E-state index is 10.9. The molecule has 0 aliphatic carbocycles. The van der Waals surface area contributed by atoms with Crippen molar-refractivity contribution in [2.45, 2.75) is 44.2 Å². The molecule has 0 bridgehead atoms. The van der Waals surface area contributed by atoms with Gasteiger partial charge in [0.05, 0.1) is 39.1 Å². The quantitative estimate of drug-likeness (QED) is 0.191. The molecule has 8 heteroatoms. The predicted octanol–water partition coefficient (Wildman–Crippen LogP) is 4.41. The number of aliphatic hydroxyl groups is 2. The summed E-state index contributed by atoms with van der Waals surface area (Å²) in [5.74, 6) is 0. The van der Waals surface area contributed by atoms with Gasteiger partial charge in [-0.15, -0.1) is 0 Å². The molecule has 4 atom stereocenters. The number of hydrogen-bond acceptors (Lipinski definition) is 6. The van der Waals surface area contributed by atoms with Crippen molar-refractivity contribution in [3.8, 4) is 0 Å². The molecule has 184 valence electrons. The summed E-state index contributed by atoms with van der Waals surface area (Å²) >= 11 is 0. The van der Waals surface area contributed by atoms with Crippen LogP contribution in [-0.4, -0.2) is 47.8 Å². The van der Waals surface area contributed by atoms with Crippen molar-refractivity contribution in [2.75, 3.05) is 13.2 Å². The van der Waals surface area contributed by atoms with Gasteiger partial charge in [-0.1, -0.05) is 96.1 Å². The molecule has 0 heterocycles. The largest absolute Gasteiger partial charge is 0.394 e. The predicted molar refractivity (Wildman–Crippen MR) is 132 cm³/mol. The molecular weight excluding hydrogens is 446 g/mol. The van der Waals surface area contributed by atoms with E-state index in [0.29, 0.717) is 0 Å². The molecule has 0 fully saturated rings. The fourth-order valence-corrected chi connectivity index (χ4v) is 3.62. The Labute approximate surface area is 205 Å². The number of azide groups is 1. The molecule has 0 saturated carbocycles. The molecule has 0 amide bonds. The maximum Gasteiger partial charge on any atom is 0.115 e. The Balaban J connectivity index is 1.83. The van der Waals surface area contributed by atoms with Crippen molar-refractivity contribution in [3.05, 3.63) is 118 Å². The van der Waals surface area contributed by atoms with Crippen LogP contribution >= 0.6 is 0 Å². The van der Waals surface area contributed by atoms with Crippen LogP contribution in [0.15, 0.2) is 96.1 Å². The molecule has 0 aliphatic rings. The van der Waals surface area contributed by atoms with E-state index in [1.165, 1.54) is 0 Å². The first-order valence-electron chi connectivity index (χ1n) is 11.5. The van der Waals surface area contributed by atoms with E-state index in [0.717, 1.165) is 16.7 Å². The Hall–Kier alpha value is -3.23. The van der Waals surface area contributed by atoms with Gasteiger partial charge in [-0.25, -0.2) is 0 Å². The third-order valence-electron chi connectivity index (χ3n) is 5.46. The molecule has 3 rings (SSSR count). The van der Waals surface area contributed by atoms with Crippen LogP contribution in [0.2, 0.25) is 0 Å². The highest BCUT2D eigenvalue weighted by Crippen LogP contribution is 2.21. The number of benzene rings is 3. The number of hydrogen-bond donors (Lipinski definition) is 2. The highest BCUT2D eigenvalue weighted by molar-refractivity contribution is 5.15. The first-order valence-corrected chi connectivity index (χ1v) is 11.5. The molecular formula is C27H31N3O5. The normalized spacial score (nSPS) is 14.5. The zero-order valence-electron chi connectivity index (χ0n) is 19.5. The van der Waals surface area contributed by atoms with Gasteiger partial charge in [-0.3, -0.25) is 0 Å². The van der Waals surface area contributed by atoms with E-state index >= 15 is 0 Å². The lowest BCUT2D eigenvalue weighted by Gasteiger charge is -2.35. The van der Waals surface area contributed by atoms with E-state index in [1.54, 1.807) is 0 Å². The van der Waals surface area contributed by atoms with E-state index < -0.39 is 24.4 Å². The summed E-state index contributed by atoms with van der Waals surface area (Å²) in [5.41, 5.74) is 11.5. The minimum absolute atomic E-state index is 0.195. The Morgan fingerprint density at radius 2 is 1.11 bits per heavy atom. The average molecular weight is 478 g/mol. The van der Waals surface area contributed by atoms with Gasteiger partial charge < -0.3 is 24.4 Å². The monoisotopic (exact) mass is 477 g/mol. The molecule has 0 radical (unpaired) electrons. The molecule has 35 heavy (non-hydrogen) atoms. The van der Waals surface area contributed by atoms with Crippen LogP contribution in [0.1, 0.15) is 16.7 Å². The molecule has 8 nitrogen and oxygen atoms in total. The van der Waals surface area contributed by atoms with Crippen molar-refractivity contribution in [3.63, 3.8) is 0 Å². The van der Waals surface area contributed by atoms with Crippen LogP contribution in [0.4, 0.5) is 0 Å². The summed E-state index contributed by atoms with van der Waals surface area (Å²) < 4.78 is 18.4. The zero-order chi connectivity index (χ0) is 24.7. The second-order valence-corrected chi connectivity index (χ2v) is 8.02. The maximum absolute atomic E-state index is 10.9. The van der Waals surface area contributed by atoms with Crippen LogP contribution in [0.5, 0.6) is 0 Å². The highest BCUT2D eigenvalue weighted by atomic mass is 16.6. The van der Waals surface area contributed by atoms with Gasteiger partial charge in [0.1, 0.15) is 18.3 Å². The van der Waals surface area contributed by atoms with Crippen LogP contribution in [0, 0.1) is 0 Å². The minimum atomic E-state index is -1.18. The third kappa shape index (κ3) is 8.81. The topological polar surface area (TPSA) is 117 Å². The van der Waals surface area contributed by atoms with Gasteiger partial charge in [-0.2, -0.15) is 0 Å². The van der Waals surface area contributed by atoms with Crippen LogP contribution < -0.4 is 0 Å². The lowest BCUT2D eigenvalue weighted by molar-refractivity contribution is -0.185. The molecule has 0 saturated heterocycles. The SMILES string of the molecule is [N-]=[N+]=NC[C@@H](O)[C@@H](OCc1ccccc1)[C@H](OCc1ccccc1)[C@H](CO)OCc1ccccc1. The fraction of sp³-hybridized carbons (Fsp3) is 0.333. The number of nitrogens with zero attached hydrogens (tertiary/aromatic N) is 3. The van der Waals surface area contributed by atoms with E-state index in [-0.39, 0.29) is 33.0 Å². The number of ether oxygens (including phenoxy) is 3. The first-order chi connectivity index (χ1) is 17.2. The fourth-order valence-electron chi connectivity index (χ4n) is 3.62. The average Bonchev–Trinajstić information content (AvgIpc) is 2.92. The second-order valence-electron chi connectivity index (χ2n) is 8.02. The van der Waals surface area contributed by atoms with Crippen molar-refractivity contribution >= 4 is 0 Å². The zero-order valence-corrected chi connectivity index (χ0v) is 19.5.